The molecule has 6 rings (SSSR count). The SMILES string of the molecule is COc1ccc(C(=O)N(C)[C@@H](C)C(=O)O[C@H]2CC(=O)N(C)c3cc(cc(OC)c3Cl)C/C(C)=C/C=C/[C@@H](OC)[C@]3(O)CC(=O)O[C@@H](C3)[C@@H](C)[C@@H]3O[C@@]23C)c(NC(=O)[C@H](CCCNC(N)=O)NC(=O)[C@@H](NC(=O)CCCCCCC(=O)C2CCC2)C(C)C)c1. The van der Waals surface area contributed by atoms with Crippen molar-refractivity contribution in [2.75, 3.05) is 52.2 Å². The summed E-state index contributed by atoms with van der Waals surface area (Å²) in [6.07, 6.45) is 7.61. The lowest BCUT2D eigenvalue weighted by Crippen LogP contribution is -2.54. The molecule has 2 saturated heterocycles. The van der Waals surface area contributed by atoms with Gasteiger partial charge in [0.05, 0.1) is 50.1 Å². The Bertz CT molecular complexity index is 2950. The number of likely N-dealkylation sites (N-methyl/N-ethyl adjacent to an activating group) is 1. The number of urea groups is 1. The Labute approximate surface area is 520 Å². The number of ketones is 1. The average molecular weight is 1250 g/mol. The van der Waals surface area contributed by atoms with E-state index in [9.17, 15) is 48.3 Å². The van der Waals surface area contributed by atoms with Crippen LogP contribution in [0, 0.1) is 17.8 Å². The number of hydrogen-bond donors (Lipinski definition) is 6. The molecule has 7 N–H and O–H groups in total. The molecule has 0 spiro atoms. The lowest BCUT2D eigenvalue weighted by Gasteiger charge is -2.41. The number of Topliss-reactive ketones (excluding diaryl/α,β-unsaturated/α-hetero) is 1. The fourth-order valence-electron chi connectivity index (χ4n) is 11.5. The van der Waals surface area contributed by atoms with Crippen LogP contribution in [0.1, 0.15) is 147 Å². The number of halogens is 1. The van der Waals surface area contributed by atoms with E-state index in [1.54, 1.807) is 52.0 Å². The maximum absolute atomic E-state index is 14.7. The second-order valence-corrected chi connectivity index (χ2v) is 24.7. The summed E-state index contributed by atoms with van der Waals surface area (Å²) in [5, 5.41) is 23.0. The van der Waals surface area contributed by atoms with Crippen molar-refractivity contribution < 1.29 is 76.7 Å². The van der Waals surface area contributed by atoms with Crippen LogP contribution in [0.5, 0.6) is 11.5 Å². The number of unbranched alkanes of at least 4 members (excludes halogenated alkanes) is 3. The Hall–Kier alpha value is -7.08. The molecular weight excluding hydrogens is 1160 g/mol. The van der Waals surface area contributed by atoms with Crippen molar-refractivity contribution in [3.63, 3.8) is 0 Å². The molecular formula is C64H90ClN7O16. The van der Waals surface area contributed by atoms with E-state index in [2.05, 4.69) is 21.3 Å². The number of hydrogen-bond acceptors (Lipinski definition) is 16. The smallest absolute Gasteiger partial charge is 0.328 e. The normalized spacial score (nSPS) is 25.0. The highest BCUT2D eigenvalue weighted by molar-refractivity contribution is 6.35. The average Bonchev–Trinajstić information content (AvgIpc) is 1.78. The number of ether oxygens (including phenoxy) is 6. The van der Waals surface area contributed by atoms with Gasteiger partial charge in [0, 0.05) is 64.9 Å². The quantitative estimate of drug-likeness (QED) is 0.0338. The number of nitrogens with two attached hydrogens (primary N) is 1. The van der Waals surface area contributed by atoms with Crippen LogP contribution in [0.2, 0.25) is 5.02 Å². The minimum Gasteiger partial charge on any atom is -0.497 e. The predicted molar refractivity (Wildman–Crippen MR) is 329 cm³/mol. The van der Waals surface area contributed by atoms with E-state index in [1.807, 2.05) is 13.0 Å². The Morgan fingerprint density at radius 1 is 0.943 bits per heavy atom. The zero-order valence-electron chi connectivity index (χ0n) is 52.6. The molecule has 7 amide bonds. The highest BCUT2D eigenvalue weighted by Gasteiger charge is 2.64. The summed E-state index contributed by atoms with van der Waals surface area (Å²) >= 11 is 6.88. The number of primary amides is 1. The zero-order chi connectivity index (χ0) is 64.8. The second kappa shape index (κ2) is 31.4. The molecule has 2 aromatic rings. The third-order valence-corrected chi connectivity index (χ3v) is 17.8. The van der Waals surface area contributed by atoms with E-state index in [-0.39, 0.29) is 72.5 Å². The number of esters is 2. The monoisotopic (exact) mass is 1250 g/mol. The Morgan fingerprint density at radius 2 is 1.65 bits per heavy atom. The number of methoxy groups -OCH3 is 3. The van der Waals surface area contributed by atoms with Crippen LogP contribution in [0.25, 0.3) is 0 Å². The molecule has 0 aromatic heterocycles. The third-order valence-electron chi connectivity index (χ3n) is 17.4. The first-order chi connectivity index (χ1) is 41.6. The third kappa shape index (κ3) is 18.1. The van der Waals surface area contributed by atoms with Crippen LogP contribution < -0.4 is 41.4 Å². The van der Waals surface area contributed by atoms with Gasteiger partial charge in [0.25, 0.3) is 5.91 Å². The van der Waals surface area contributed by atoms with E-state index in [0.717, 1.165) is 54.6 Å². The molecule has 4 bridgehead atoms. The van der Waals surface area contributed by atoms with E-state index in [1.165, 1.54) is 65.4 Å². The van der Waals surface area contributed by atoms with Gasteiger partial charge in [-0.25, -0.2) is 9.59 Å². The van der Waals surface area contributed by atoms with Gasteiger partial charge in [0.2, 0.25) is 23.6 Å². The number of nitrogens with one attached hydrogen (secondary N) is 4. The number of fused-ring (bicyclic) bond motifs is 5. The lowest BCUT2D eigenvalue weighted by atomic mass is 9.78. The number of aliphatic hydroxyl groups is 1. The number of allylic oxidation sites excluding steroid dienone is 3. The highest BCUT2D eigenvalue weighted by atomic mass is 35.5. The first kappa shape index (κ1) is 70.0. The first-order valence-electron chi connectivity index (χ1n) is 30.4. The van der Waals surface area contributed by atoms with E-state index in [4.69, 9.17) is 45.8 Å². The highest BCUT2D eigenvalue weighted by Crippen LogP contribution is 2.50. The van der Waals surface area contributed by atoms with Gasteiger partial charge in [0.1, 0.15) is 69.9 Å². The largest absolute Gasteiger partial charge is 0.497 e. The molecule has 484 valence electrons. The van der Waals surface area contributed by atoms with Crippen molar-refractivity contribution >= 4 is 76.3 Å². The fraction of sp³-hybridized carbons (Fsp3) is 0.609. The number of benzene rings is 2. The maximum atomic E-state index is 14.7. The minimum absolute atomic E-state index is 0.0254. The van der Waals surface area contributed by atoms with Crippen LogP contribution in [0.4, 0.5) is 16.2 Å². The number of epoxide rings is 1. The summed E-state index contributed by atoms with van der Waals surface area (Å²) in [6, 6.07) is 3.29. The number of carbonyl (C=O) groups excluding carboxylic acids is 9. The number of anilines is 2. The molecule has 2 aromatic carbocycles. The van der Waals surface area contributed by atoms with Crippen LogP contribution in [-0.4, -0.2) is 159 Å². The van der Waals surface area contributed by atoms with Crippen LogP contribution in [-0.2, 0) is 58.9 Å². The molecule has 0 unspecified atom stereocenters. The molecule has 3 fully saturated rings. The minimum atomic E-state index is -1.68. The van der Waals surface area contributed by atoms with Crippen molar-refractivity contribution in [1.82, 2.24) is 20.9 Å². The molecule has 0 radical (unpaired) electrons. The first-order valence-corrected chi connectivity index (χ1v) is 30.7. The molecule has 23 nitrogen and oxygen atoms in total. The van der Waals surface area contributed by atoms with Gasteiger partial charge in [0.15, 0.2) is 0 Å². The molecule has 1 aliphatic carbocycles. The topological polar surface area (TPSA) is 313 Å². The van der Waals surface area contributed by atoms with Crippen LogP contribution in [0.15, 0.2) is 54.1 Å². The van der Waals surface area contributed by atoms with Gasteiger partial charge in [-0.1, -0.05) is 75.4 Å². The fourth-order valence-corrected chi connectivity index (χ4v) is 11.8. The Kier molecular flexibility index (Phi) is 25.0. The van der Waals surface area contributed by atoms with Crippen molar-refractivity contribution in [3.8, 4) is 11.5 Å². The van der Waals surface area contributed by atoms with E-state index >= 15 is 0 Å². The Morgan fingerprint density at radius 3 is 2.28 bits per heavy atom. The summed E-state index contributed by atoms with van der Waals surface area (Å²) in [4.78, 5) is 125. The van der Waals surface area contributed by atoms with Crippen molar-refractivity contribution in [2.45, 2.75) is 192 Å². The molecule has 3 aliphatic heterocycles. The number of rotatable bonds is 25. The van der Waals surface area contributed by atoms with Gasteiger partial charge in [-0.15, -0.1) is 0 Å². The number of nitrogens with zero attached hydrogens (tertiary/aromatic N) is 2. The molecule has 3 heterocycles. The maximum Gasteiger partial charge on any atom is 0.328 e. The number of amides is 7. The number of carbonyl (C=O) groups is 9. The van der Waals surface area contributed by atoms with Crippen molar-refractivity contribution in [1.29, 1.82) is 0 Å². The summed E-state index contributed by atoms with van der Waals surface area (Å²) < 4.78 is 35.4. The second-order valence-electron chi connectivity index (χ2n) is 24.3. The molecule has 1 saturated carbocycles. The molecule has 24 heteroatoms. The van der Waals surface area contributed by atoms with Crippen LogP contribution >= 0.6 is 11.6 Å². The summed E-state index contributed by atoms with van der Waals surface area (Å²) in [7, 11) is 7.15. The lowest BCUT2D eigenvalue weighted by molar-refractivity contribution is -0.187. The van der Waals surface area contributed by atoms with Crippen LogP contribution in [0.3, 0.4) is 0 Å². The summed E-state index contributed by atoms with van der Waals surface area (Å²) in [5.74, 6) is -4.67. The molecule has 4 aliphatic rings. The summed E-state index contributed by atoms with van der Waals surface area (Å²) in [6.45, 7) is 10.3. The van der Waals surface area contributed by atoms with Gasteiger partial charge in [-0.3, -0.25) is 33.6 Å². The van der Waals surface area contributed by atoms with Gasteiger partial charge >= 0.3 is 18.0 Å². The van der Waals surface area contributed by atoms with Gasteiger partial charge < -0.3 is 70.3 Å². The van der Waals surface area contributed by atoms with Gasteiger partial charge in [-0.2, -0.15) is 0 Å². The zero-order valence-corrected chi connectivity index (χ0v) is 53.4. The van der Waals surface area contributed by atoms with E-state index in [0.29, 0.717) is 36.5 Å². The molecule has 10 atom stereocenters. The van der Waals surface area contributed by atoms with Crippen molar-refractivity contribution in [2.24, 2.45) is 23.5 Å². The Balaban J connectivity index is 1.22. The predicted octanol–water partition coefficient (Wildman–Crippen LogP) is 6.81. The van der Waals surface area contributed by atoms with Gasteiger partial charge in [-0.05, 0) is 101 Å². The summed E-state index contributed by atoms with van der Waals surface area (Å²) in [5.41, 5.74) is 4.01. The van der Waals surface area contributed by atoms with Crippen molar-refractivity contribution in [3.05, 3.63) is 70.3 Å². The van der Waals surface area contributed by atoms with E-state index < -0.39 is 114 Å². The standard InChI is InChI=1S/C64H90ClN7O16/c1-36(2)56(70-52(74)25-15-13-12-14-23-47(73)41-20-17-21-41)59(78)68-44(22-18-28-67-62(66)81)58(77)69-45-32-42(83-9)26-27-43(45)60(79)71(7)39(5)61(80)87-51-33-53(75)72(8)46-30-40(31-48(84-10)55(46)65)29-37(3)19-16-24-50(85-11)64(82)34-49(86-54(76)35-64)38(4)57-63(51,6)88-57/h16,19,24,26-27,30-32,36,38-39,41,44,49-51,56-57,82H,12-15,17-18,20-23,25,28-29,33-35H2,1-11H3,(H,68,78)(H,69,77)(H,70,74)(H3,66,67,81)/b24-16+,37-19+/t38-,39+,44+,49+,50-,51+,56+,57+,63+,64-/m1/s1. The molecule has 88 heavy (non-hydrogen) atoms.